The monoisotopic (exact) mass is 161 g/mol. The van der Waals surface area contributed by atoms with Gasteiger partial charge in [-0.3, -0.25) is 9.89 Å². The maximum absolute atomic E-state index is 10.1. The van der Waals surface area contributed by atoms with Gasteiger partial charge in [-0.2, -0.15) is 5.10 Å². The molecule has 0 saturated heterocycles. The lowest BCUT2D eigenvalue weighted by molar-refractivity contribution is -0.105. The van der Waals surface area contributed by atoms with Crippen molar-refractivity contribution in [3.63, 3.8) is 0 Å². The Kier molecular flexibility index (Phi) is 1.51. The minimum atomic E-state index is 0.650. The van der Waals surface area contributed by atoms with Gasteiger partial charge in [0.1, 0.15) is 0 Å². The van der Waals surface area contributed by atoms with E-state index >= 15 is 0 Å². The van der Waals surface area contributed by atoms with Crippen molar-refractivity contribution >= 4 is 23.0 Å². The molecule has 0 aliphatic rings. The first-order chi connectivity index (χ1) is 5.90. The summed E-state index contributed by atoms with van der Waals surface area (Å²) >= 11 is 0. The topological polar surface area (TPSA) is 57.8 Å². The summed E-state index contributed by atoms with van der Waals surface area (Å²) in [6.07, 6.45) is 2.39. The third-order valence-electron chi connectivity index (χ3n) is 1.67. The zero-order chi connectivity index (χ0) is 8.39. The summed E-state index contributed by atoms with van der Waals surface area (Å²) in [6.45, 7) is 0. The molecule has 0 atom stereocenters. The summed E-state index contributed by atoms with van der Waals surface area (Å²) in [6, 6.07) is 5.55. The van der Waals surface area contributed by atoms with E-state index in [0.717, 1.165) is 16.6 Å². The molecule has 0 fully saturated rings. The first-order valence-corrected chi connectivity index (χ1v) is 3.53. The van der Waals surface area contributed by atoms with Gasteiger partial charge in [0.05, 0.1) is 11.7 Å². The van der Waals surface area contributed by atoms with Crippen molar-refractivity contribution in [2.75, 3.05) is 5.32 Å². The van der Waals surface area contributed by atoms with Gasteiger partial charge in [0.15, 0.2) is 0 Å². The van der Waals surface area contributed by atoms with Crippen molar-refractivity contribution in [3.8, 4) is 0 Å². The molecule has 4 nitrogen and oxygen atoms in total. The van der Waals surface area contributed by atoms with Crippen LogP contribution >= 0.6 is 0 Å². The van der Waals surface area contributed by atoms with Gasteiger partial charge in [-0.15, -0.1) is 0 Å². The van der Waals surface area contributed by atoms with Crippen LogP contribution in [-0.4, -0.2) is 16.6 Å². The number of rotatable bonds is 2. The summed E-state index contributed by atoms with van der Waals surface area (Å²) < 4.78 is 0. The molecule has 0 radical (unpaired) electrons. The number of H-pyrrole nitrogens is 1. The van der Waals surface area contributed by atoms with Gasteiger partial charge >= 0.3 is 0 Å². The van der Waals surface area contributed by atoms with Crippen LogP contribution in [0.15, 0.2) is 24.4 Å². The zero-order valence-corrected chi connectivity index (χ0v) is 6.24. The minimum absolute atomic E-state index is 0.650. The second kappa shape index (κ2) is 2.65. The Morgan fingerprint density at radius 1 is 1.50 bits per heavy atom. The van der Waals surface area contributed by atoms with E-state index in [1.807, 2.05) is 18.2 Å². The van der Waals surface area contributed by atoms with Crippen molar-refractivity contribution in [1.29, 1.82) is 0 Å². The molecule has 0 unspecified atom stereocenters. The van der Waals surface area contributed by atoms with E-state index in [1.54, 1.807) is 6.20 Å². The molecule has 0 spiro atoms. The van der Waals surface area contributed by atoms with Gasteiger partial charge in [0.25, 0.3) is 0 Å². The molecule has 2 aromatic rings. The smallest absolute Gasteiger partial charge is 0.211 e. The maximum atomic E-state index is 10.1. The molecular formula is C8H7N3O. The van der Waals surface area contributed by atoms with Crippen LogP contribution in [0.5, 0.6) is 0 Å². The molecule has 0 saturated carbocycles. The largest absolute Gasteiger partial charge is 0.329 e. The summed E-state index contributed by atoms with van der Waals surface area (Å²) in [5, 5.41) is 10.3. The highest BCUT2D eigenvalue weighted by atomic mass is 16.1. The lowest BCUT2D eigenvalue weighted by atomic mass is 10.2. The summed E-state index contributed by atoms with van der Waals surface area (Å²) in [7, 11) is 0. The van der Waals surface area contributed by atoms with Crippen molar-refractivity contribution < 1.29 is 4.79 Å². The number of benzene rings is 1. The number of carbonyl (C=O) groups excluding carboxylic acids is 1. The quantitative estimate of drug-likeness (QED) is 0.648. The maximum Gasteiger partial charge on any atom is 0.211 e. The summed E-state index contributed by atoms with van der Waals surface area (Å²) in [5.74, 6) is 0. The van der Waals surface area contributed by atoms with Gasteiger partial charge in [-0.05, 0) is 18.2 Å². The molecule has 60 valence electrons. The summed E-state index contributed by atoms with van der Waals surface area (Å²) in [5.41, 5.74) is 1.68. The van der Waals surface area contributed by atoms with Gasteiger partial charge in [0, 0.05) is 11.1 Å². The SMILES string of the molecule is O=CNc1ccc2cn[nH]c2c1. The lowest BCUT2D eigenvalue weighted by Crippen LogP contribution is -1.92. The minimum Gasteiger partial charge on any atom is -0.329 e. The van der Waals surface area contributed by atoms with Gasteiger partial charge in [-0.1, -0.05) is 0 Å². The molecule has 1 heterocycles. The average molecular weight is 161 g/mol. The average Bonchev–Trinajstić information content (AvgIpc) is 2.51. The number of aromatic amines is 1. The van der Waals surface area contributed by atoms with Crippen LogP contribution < -0.4 is 5.32 Å². The van der Waals surface area contributed by atoms with Crippen LogP contribution in [0.2, 0.25) is 0 Å². The number of hydrogen-bond donors (Lipinski definition) is 2. The standard InChI is InChI=1S/C8H7N3O/c12-5-9-7-2-1-6-4-10-11-8(6)3-7/h1-5H,(H,9,12)(H,10,11). The Hall–Kier alpha value is -1.84. The second-order valence-electron chi connectivity index (χ2n) is 2.43. The predicted octanol–water partition coefficient (Wildman–Crippen LogP) is 1.13. The van der Waals surface area contributed by atoms with E-state index in [9.17, 15) is 4.79 Å². The number of aromatic nitrogens is 2. The predicted molar refractivity (Wildman–Crippen MR) is 45.8 cm³/mol. The fraction of sp³-hybridized carbons (Fsp3) is 0. The normalized spacial score (nSPS) is 10.0. The van der Waals surface area contributed by atoms with Gasteiger partial charge < -0.3 is 5.32 Å². The molecular weight excluding hydrogens is 154 g/mol. The number of carbonyl (C=O) groups is 1. The fourth-order valence-electron chi connectivity index (χ4n) is 1.09. The van der Waals surface area contributed by atoms with Crippen LogP contribution in [0.1, 0.15) is 0 Å². The zero-order valence-electron chi connectivity index (χ0n) is 6.24. The van der Waals surface area contributed by atoms with Crippen LogP contribution in [0.4, 0.5) is 5.69 Å². The Bertz CT molecular complexity index is 407. The van der Waals surface area contributed by atoms with E-state index < -0.39 is 0 Å². The molecule has 0 aliphatic carbocycles. The van der Waals surface area contributed by atoms with Crippen molar-refractivity contribution in [2.45, 2.75) is 0 Å². The Balaban J connectivity index is 2.52. The second-order valence-corrected chi connectivity index (χ2v) is 2.43. The van der Waals surface area contributed by atoms with Crippen LogP contribution in [-0.2, 0) is 4.79 Å². The number of nitrogens with one attached hydrogen (secondary N) is 2. The lowest BCUT2D eigenvalue weighted by Gasteiger charge is -1.96. The first kappa shape index (κ1) is 6.84. The Morgan fingerprint density at radius 2 is 2.42 bits per heavy atom. The molecule has 2 rings (SSSR count). The highest BCUT2D eigenvalue weighted by molar-refractivity contribution is 5.84. The number of fused-ring (bicyclic) bond motifs is 1. The molecule has 0 aliphatic heterocycles. The van der Waals surface area contributed by atoms with Crippen LogP contribution in [0.25, 0.3) is 10.9 Å². The number of hydrogen-bond acceptors (Lipinski definition) is 2. The molecule has 1 amide bonds. The van der Waals surface area contributed by atoms with E-state index in [0.29, 0.717) is 6.41 Å². The highest BCUT2D eigenvalue weighted by Gasteiger charge is 1.95. The molecule has 1 aromatic heterocycles. The van der Waals surface area contributed by atoms with Crippen molar-refractivity contribution in [2.24, 2.45) is 0 Å². The first-order valence-electron chi connectivity index (χ1n) is 3.53. The van der Waals surface area contributed by atoms with E-state index in [4.69, 9.17) is 0 Å². The number of nitrogens with zero attached hydrogens (tertiary/aromatic N) is 1. The molecule has 1 aromatic carbocycles. The Morgan fingerprint density at radius 3 is 3.25 bits per heavy atom. The van der Waals surface area contributed by atoms with Crippen LogP contribution in [0, 0.1) is 0 Å². The van der Waals surface area contributed by atoms with Gasteiger partial charge in [0.2, 0.25) is 6.41 Å². The molecule has 4 heteroatoms. The van der Waals surface area contributed by atoms with Crippen molar-refractivity contribution in [1.82, 2.24) is 10.2 Å². The fourth-order valence-corrected chi connectivity index (χ4v) is 1.09. The highest BCUT2D eigenvalue weighted by Crippen LogP contribution is 2.15. The van der Waals surface area contributed by atoms with Crippen LogP contribution in [0.3, 0.4) is 0 Å². The third kappa shape index (κ3) is 1.03. The number of amides is 1. The van der Waals surface area contributed by atoms with E-state index in [-0.39, 0.29) is 0 Å². The van der Waals surface area contributed by atoms with E-state index in [1.165, 1.54) is 0 Å². The van der Waals surface area contributed by atoms with Gasteiger partial charge in [-0.25, -0.2) is 0 Å². The van der Waals surface area contributed by atoms with E-state index in [2.05, 4.69) is 15.5 Å². The molecule has 0 bridgehead atoms. The third-order valence-corrected chi connectivity index (χ3v) is 1.67. The Labute approximate surface area is 68.6 Å². The number of anilines is 1. The molecule has 2 N–H and O–H groups in total. The molecule has 12 heavy (non-hydrogen) atoms. The van der Waals surface area contributed by atoms with Crippen molar-refractivity contribution in [3.05, 3.63) is 24.4 Å². The summed E-state index contributed by atoms with van der Waals surface area (Å²) in [4.78, 5) is 10.1.